The molecule has 1 atom stereocenters. The van der Waals surface area contributed by atoms with Crippen molar-refractivity contribution >= 4 is 11.6 Å². The molecular formula is C17H28N2O4. The van der Waals surface area contributed by atoms with Crippen LogP contribution in [0.2, 0.25) is 0 Å². The molecule has 23 heavy (non-hydrogen) atoms. The number of pyridine rings is 1. The number of methoxy groups -OCH3 is 1. The molecule has 130 valence electrons. The first-order chi connectivity index (χ1) is 11.0. The SMILES string of the molecule is CCCO[C@@](C)(CC)C(=O)Nc1cnc(OCCOC)c(C)c1. The highest BCUT2D eigenvalue weighted by Crippen LogP contribution is 2.22. The maximum absolute atomic E-state index is 12.5. The first-order valence-electron chi connectivity index (χ1n) is 8.00. The Kier molecular flexibility index (Phi) is 7.98. The lowest BCUT2D eigenvalue weighted by molar-refractivity contribution is -0.139. The highest BCUT2D eigenvalue weighted by molar-refractivity contribution is 5.97. The molecule has 0 saturated carbocycles. The molecule has 0 unspecified atom stereocenters. The summed E-state index contributed by atoms with van der Waals surface area (Å²) in [6.07, 6.45) is 3.06. The number of aryl methyl sites for hydroxylation is 1. The van der Waals surface area contributed by atoms with Crippen LogP contribution in [0.5, 0.6) is 5.88 Å². The van der Waals surface area contributed by atoms with Crippen LogP contribution in [-0.4, -0.2) is 43.4 Å². The van der Waals surface area contributed by atoms with Gasteiger partial charge in [0, 0.05) is 19.3 Å². The number of carbonyl (C=O) groups excluding carboxylic acids is 1. The Hall–Kier alpha value is -1.66. The number of aromatic nitrogens is 1. The van der Waals surface area contributed by atoms with Gasteiger partial charge in [0.2, 0.25) is 5.88 Å². The van der Waals surface area contributed by atoms with Crippen LogP contribution in [0.25, 0.3) is 0 Å². The van der Waals surface area contributed by atoms with Crippen molar-refractivity contribution in [2.75, 3.05) is 32.2 Å². The number of ether oxygens (including phenoxy) is 3. The molecule has 6 heteroatoms. The summed E-state index contributed by atoms with van der Waals surface area (Å²) in [4.78, 5) is 16.7. The Labute approximate surface area is 138 Å². The molecule has 0 aliphatic rings. The van der Waals surface area contributed by atoms with Crippen molar-refractivity contribution in [3.63, 3.8) is 0 Å². The zero-order valence-electron chi connectivity index (χ0n) is 14.8. The molecule has 1 aromatic heterocycles. The van der Waals surface area contributed by atoms with Gasteiger partial charge in [-0.05, 0) is 32.8 Å². The van der Waals surface area contributed by atoms with Gasteiger partial charge < -0.3 is 19.5 Å². The van der Waals surface area contributed by atoms with Crippen LogP contribution in [0.1, 0.15) is 39.2 Å². The van der Waals surface area contributed by atoms with Crippen molar-refractivity contribution < 1.29 is 19.0 Å². The summed E-state index contributed by atoms with van der Waals surface area (Å²) < 4.78 is 16.2. The van der Waals surface area contributed by atoms with E-state index < -0.39 is 5.60 Å². The van der Waals surface area contributed by atoms with Crippen LogP contribution in [-0.2, 0) is 14.3 Å². The lowest BCUT2D eigenvalue weighted by atomic mass is 10.0. The van der Waals surface area contributed by atoms with Gasteiger partial charge in [-0.2, -0.15) is 0 Å². The third-order valence-electron chi connectivity index (χ3n) is 3.59. The second-order valence-electron chi connectivity index (χ2n) is 5.57. The largest absolute Gasteiger partial charge is 0.475 e. The average molecular weight is 324 g/mol. The summed E-state index contributed by atoms with van der Waals surface area (Å²) in [7, 11) is 1.62. The van der Waals surface area contributed by atoms with Crippen LogP contribution >= 0.6 is 0 Å². The van der Waals surface area contributed by atoms with Crippen LogP contribution < -0.4 is 10.1 Å². The Balaban J connectivity index is 2.72. The van der Waals surface area contributed by atoms with E-state index in [4.69, 9.17) is 14.2 Å². The topological polar surface area (TPSA) is 69.7 Å². The third-order valence-corrected chi connectivity index (χ3v) is 3.59. The van der Waals surface area contributed by atoms with Gasteiger partial charge in [-0.1, -0.05) is 13.8 Å². The van der Waals surface area contributed by atoms with E-state index >= 15 is 0 Å². The van der Waals surface area contributed by atoms with Crippen LogP contribution in [0, 0.1) is 6.92 Å². The fourth-order valence-electron chi connectivity index (χ4n) is 1.92. The number of amides is 1. The average Bonchev–Trinajstić information content (AvgIpc) is 2.54. The van der Waals surface area contributed by atoms with Gasteiger partial charge in [-0.15, -0.1) is 0 Å². The molecule has 1 rings (SSSR count). The van der Waals surface area contributed by atoms with Gasteiger partial charge in [0.05, 0.1) is 18.5 Å². The van der Waals surface area contributed by atoms with E-state index in [1.54, 1.807) is 20.2 Å². The van der Waals surface area contributed by atoms with E-state index in [1.165, 1.54) is 0 Å². The first-order valence-corrected chi connectivity index (χ1v) is 8.00. The molecular weight excluding hydrogens is 296 g/mol. The fraction of sp³-hybridized carbons (Fsp3) is 0.647. The minimum absolute atomic E-state index is 0.164. The fourth-order valence-corrected chi connectivity index (χ4v) is 1.92. The summed E-state index contributed by atoms with van der Waals surface area (Å²) in [5.74, 6) is 0.378. The molecule has 0 fully saturated rings. The normalized spacial score (nSPS) is 13.4. The van der Waals surface area contributed by atoms with Crippen molar-refractivity contribution in [2.45, 2.75) is 46.1 Å². The second-order valence-corrected chi connectivity index (χ2v) is 5.57. The maximum Gasteiger partial charge on any atom is 0.256 e. The second kappa shape index (κ2) is 9.47. The number of rotatable bonds is 10. The number of carbonyl (C=O) groups is 1. The maximum atomic E-state index is 12.5. The molecule has 1 N–H and O–H groups in total. The number of anilines is 1. The smallest absolute Gasteiger partial charge is 0.256 e. The molecule has 6 nitrogen and oxygen atoms in total. The standard InChI is InChI=1S/C17H28N2O4/c1-6-8-23-17(4,7-2)16(20)19-14-11-13(3)15(18-12-14)22-10-9-21-5/h11-12H,6-10H2,1-5H3,(H,19,20)/t17-/m0/s1. The zero-order chi connectivity index (χ0) is 17.3. The lowest BCUT2D eigenvalue weighted by Gasteiger charge is -2.27. The molecule has 0 bridgehead atoms. The van der Waals surface area contributed by atoms with E-state index in [9.17, 15) is 4.79 Å². The Morgan fingerprint density at radius 3 is 2.61 bits per heavy atom. The van der Waals surface area contributed by atoms with Crippen molar-refractivity contribution in [3.8, 4) is 5.88 Å². The summed E-state index contributed by atoms with van der Waals surface area (Å²) in [5.41, 5.74) is 0.648. The third kappa shape index (κ3) is 5.80. The van der Waals surface area contributed by atoms with E-state index in [-0.39, 0.29) is 5.91 Å². The highest BCUT2D eigenvalue weighted by Gasteiger charge is 2.32. The number of hydrogen-bond acceptors (Lipinski definition) is 5. The van der Waals surface area contributed by atoms with Gasteiger partial charge in [0.1, 0.15) is 12.2 Å². The Morgan fingerprint density at radius 2 is 2.04 bits per heavy atom. The number of nitrogens with one attached hydrogen (secondary N) is 1. The van der Waals surface area contributed by atoms with E-state index in [0.29, 0.717) is 37.8 Å². The molecule has 1 heterocycles. The summed E-state index contributed by atoms with van der Waals surface area (Å²) in [5, 5.41) is 2.87. The highest BCUT2D eigenvalue weighted by atomic mass is 16.5. The number of nitrogens with zero attached hydrogens (tertiary/aromatic N) is 1. The van der Waals surface area contributed by atoms with Crippen molar-refractivity contribution in [1.82, 2.24) is 4.98 Å². The Morgan fingerprint density at radius 1 is 1.30 bits per heavy atom. The predicted molar refractivity (Wildman–Crippen MR) is 89.9 cm³/mol. The molecule has 0 radical (unpaired) electrons. The molecule has 1 amide bonds. The molecule has 0 aromatic carbocycles. The van der Waals surface area contributed by atoms with Crippen molar-refractivity contribution in [1.29, 1.82) is 0 Å². The first kappa shape index (κ1) is 19.4. The zero-order valence-corrected chi connectivity index (χ0v) is 14.8. The molecule has 0 saturated heterocycles. The van der Waals surface area contributed by atoms with Crippen LogP contribution in [0.15, 0.2) is 12.3 Å². The van der Waals surface area contributed by atoms with E-state index in [0.717, 1.165) is 12.0 Å². The van der Waals surface area contributed by atoms with Crippen molar-refractivity contribution in [2.24, 2.45) is 0 Å². The molecule has 0 aliphatic heterocycles. The minimum atomic E-state index is -0.836. The molecule has 0 aliphatic carbocycles. The van der Waals surface area contributed by atoms with E-state index in [1.807, 2.05) is 26.8 Å². The predicted octanol–water partition coefficient (Wildman–Crippen LogP) is 2.95. The minimum Gasteiger partial charge on any atom is -0.475 e. The molecule has 0 spiro atoms. The summed E-state index contributed by atoms with van der Waals surface area (Å²) in [6.45, 7) is 9.15. The number of hydrogen-bond donors (Lipinski definition) is 1. The van der Waals surface area contributed by atoms with Gasteiger partial charge >= 0.3 is 0 Å². The van der Waals surface area contributed by atoms with E-state index in [2.05, 4.69) is 10.3 Å². The molecule has 1 aromatic rings. The van der Waals surface area contributed by atoms with Crippen LogP contribution in [0.3, 0.4) is 0 Å². The van der Waals surface area contributed by atoms with Crippen LogP contribution in [0.4, 0.5) is 5.69 Å². The quantitative estimate of drug-likeness (QED) is 0.670. The summed E-state index contributed by atoms with van der Waals surface area (Å²) >= 11 is 0. The Bertz CT molecular complexity index is 507. The van der Waals surface area contributed by atoms with Gasteiger partial charge in [0.25, 0.3) is 5.91 Å². The summed E-state index contributed by atoms with van der Waals surface area (Å²) in [6, 6.07) is 1.84. The lowest BCUT2D eigenvalue weighted by Crippen LogP contribution is -2.42. The van der Waals surface area contributed by atoms with Gasteiger partial charge in [0.15, 0.2) is 0 Å². The monoisotopic (exact) mass is 324 g/mol. The van der Waals surface area contributed by atoms with Gasteiger partial charge in [-0.3, -0.25) is 4.79 Å². The van der Waals surface area contributed by atoms with Crippen molar-refractivity contribution in [3.05, 3.63) is 17.8 Å². The van der Waals surface area contributed by atoms with Gasteiger partial charge in [-0.25, -0.2) is 4.98 Å².